The molecule has 1 aromatic heterocycles. The zero-order valence-electron chi connectivity index (χ0n) is 11.2. The van der Waals surface area contributed by atoms with Crippen LogP contribution in [-0.4, -0.2) is 52.2 Å². The predicted molar refractivity (Wildman–Crippen MR) is 69.0 cm³/mol. The Balaban J connectivity index is 1.79. The number of rotatable bonds is 5. The molecule has 2 unspecified atom stereocenters. The fourth-order valence-electron chi connectivity index (χ4n) is 2.50. The molecule has 1 saturated heterocycles. The minimum atomic E-state index is 0.423. The maximum Gasteiger partial charge on any atom is 0.0962 e. The molecule has 1 aliphatic heterocycles. The molecule has 2 rings (SSSR count). The second-order valence-corrected chi connectivity index (χ2v) is 4.94. The lowest BCUT2D eigenvalue weighted by molar-refractivity contribution is 0.0146. The molecule has 2 N–H and O–H groups in total. The van der Waals surface area contributed by atoms with Crippen LogP contribution in [-0.2, 0) is 17.8 Å². The fraction of sp³-hybridized carbons (Fsp3) is 0.833. The molecule has 0 aromatic carbocycles. The molecular formula is C12H23N5O. The van der Waals surface area contributed by atoms with Crippen LogP contribution in [0.2, 0.25) is 0 Å². The second-order valence-electron chi connectivity index (χ2n) is 4.94. The van der Waals surface area contributed by atoms with Gasteiger partial charge in [-0.1, -0.05) is 5.21 Å². The molecule has 6 nitrogen and oxygen atoms in total. The predicted octanol–water partition coefficient (Wildman–Crippen LogP) is 0.236. The van der Waals surface area contributed by atoms with Gasteiger partial charge in [0.25, 0.3) is 0 Å². The van der Waals surface area contributed by atoms with Crippen LogP contribution >= 0.6 is 0 Å². The number of hydrogen-bond donors (Lipinski definition) is 1. The van der Waals surface area contributed by atoms with Gasteiger partial charge < -0.3 is 10.5 Å². The first kappa shape index (κ1) is 13.5. The van der Waals surface area contributed by atoms with Crippen LogP contribution < -0.4 is 5.73 Å². The van der Waals surface area contributed by atoms with Crippen molar-refractivity contribution < 1.29 is 4.74 Å². The summed E-state index contributed by atoms with van der Waals surface area (Å²) in [7, 11) is 1.80. The quantitative estimate of drug-likeness (QED) is 0.814. The van der Waals surface area contributed by atoms with Crippen molar-refractivity contribution >= 4 is 0 Å². The Hall–Kier alpha value is -0.980. The van der Waals surface area contributed by atoms with Gasteiger partial charge in [-0.3, -0.25) is 9.58 Å². The highest BCUT2D eigenvalue weighted by molar-refractivity contribution is 4.90. The van der Waals surface area contributed by atoms with Crippen molar-refractivity contribution in [3.05, 3.63) is 11.9 Å². The lowest BCUT2D eigenvalue weighted by Crippen LogP contribution is -2.44. The van der Waals surface area contributed by atoms with Crippen LogP contribution in [0.15, 0.2) is 6.20 Å². The molecule has 1 aromatic rings. The Morgan fingerprint density at radius 1 is 1.50 bits per heavy atom. The second kappa shape index (κ2) is 6.26. The van der Waals surface area contributed by atoms with Crippen LogP contribution in [0.4, 0.5) is 0 Å². The largest absolute Gasteiger partial charge is 0.381 e. The van der Waals surface area contributed by atoms with E-state index in [9.17, 15) is 0 Å². The van der Waals surface area contributed by atoms with E-state index in [0.717, 1.165) is 38.2 Å². The topological polar surface area (TPSA) is 69.2 Å². The monoisotopic (exact) mass is 253 g/mol. The number of hydrogen-bond acceptors (Lipinski definition) is 5. The molecular weight excluding hydrogens is 230 g/mol. The highest BCUT2D eigenvalue weighted by Gasteiger charge is 2.24. The van der Waals surface area contributed by atoms with Gasteiger partial charge in [0.05, 0.1) is 18.3 Å². The normalized spacial score (nSPS) is 25.5. The maximum atomic E-state index is 5.51. The third-order valence-corrected chi connectivity index (χ3v) is 3.71. The van der Waals surface area contributed by atoms with E-state index in [1.54, 1.807) is 7.11 Å². The lowest BCUT2D eigenvalue weighted by atomic mass is 10.0. The summed E-state index contributed by atoms with van der Waals surface area (Å²) in [5.41, 5.74) is 6.36. The van der Waals surface area contributed by atoms with Crippen LogP contribution in [0, 0.1) is 0 Å². The van der Waals surface area contributed by atoms with Gasteiger partial charge in [0, 0.05) is 39.0 Å². The molecule has 18 heavy (non-hydrogen) atoms. The molecule has 0 amide bonds. The molecule has 2 atom stereocenters. The minimum Gasteiger partial charge on any atom is -0.381 e. The maximum absolute atomic E-state index is 5.51. The van der Waals surface area contributed by atoms with E-state index in [1.165, 1.54) is 0 Å². The van der Waals surface area contributed by atoms with Crippen molar-refractivity contribution in [3.63, 3.8) is 0 Å². The molecule has 0 saturated carbocycles. The van der Waals surface area contributed by atoms with Crippen molar-refractivity contribution in [1.82, 2.24) is 19.9 Å². The third-order valence-electron chi connectivity index (χ3n) is 3.71. The van der Waals surface area contributed by atoms with Gasteiger partial charge >= 0.3 is 0 Å². The van der Waals surface area contributed by atoms with Gasteiger partial charge in [-0.25, -0.2) is 0 Å². The van der Waals surface area contributed by atoms with E-state index in [0.29, 0.717) is 18.7 Å². The Kier molecular flexibility index (Phi) is 4.68. The summed E-state index contributed by atoms with van der Waals surface area (Å²) in [6.07, 6.45) is 4.58. The van der Waals surface area contributed by atoms with Crippen molar-refractivity contribution in [2.24, 2.45) is 5.73 Å². The Labute approximate surface area is 108 Å². The van der Waals surface area contributed by atoms with Crippen LogP contribution in [0.25, 0.3) is 0 Å². The van der Waals surface area contributed by atoms with Gasteiger partial charge in [-0.05, 0) is 19.8 Å². The summed E-state index contributed by atoms with van der Waals surface area (Å²) in [6.45, 7) is 5.69. The van der Waals surface area contributed by atoms with Gasteiger partial charge in [0.1, 0.15) is 0 Å². The van der Waals surface area contributed by atoms with Gasteiger partial charge in [-0.2, -0.15) is 0 Å². The molecule has 102 valence electrons. The average molecular weight is 253 g/mol. The number of ether oxygens (including phenoxy) is 1. The van der Waals surface area contributed by atoms with E-state index in [4.69, 9.17) is 10.5 Å². The summed E-state index contributed by atoms with van der Waals surface area (Å²) in [5.74, 6) is 0. The van der Waals surface area contributed by atoms with E-state index in [-0.39, 0.29) is 0 Å². The first-order chi connectivity index (χ1) is 8.72. The molecule has 1 fully saturated rings. The van der Waals surface area contributed by atoms with Gasteiger partial charge in [-0.15, -0.1) is 5.10 Å². The summed E-state index contributed by atoms with van der Waals surface area (Å²) >= 11 is 0. The fourth-order valence-corrected chi connectivity index (χ4v) is 2.50. The zero-order chi connectivity index (χ0) is 13.0. The third kappa shape index (κ3) is 3.28. The molecule has 1 aliphatic rings. The Morgan fingerprint density at radius 2 is 2.33 bits per heavy atom. The number of aromatic nitrogens is 3. The highest BCUT2D eigenvalue weighted by Crippen LogP contribution is 2.18. The lowest BCUT2D eigenvalue weighted by Gasteiger charge is -2.36. The van der Waals surface area contributed by atoms with Crippen molar-refractivity contribution in [1.29, 1.82) is 0 Å². The van der Waals surface area contributed by atoms with Crippen LogP contribution in [0.3, 0.4) is 0 Å². The van der Waals surface area contributed by atoms with Crippen molar-refractivity contribution in [2.45, 2.75) is 45.0 Å². The molecule has 0 radical (unpaired) electrons. The zero-order valence-corrected chi connectivity index (χ0v) is 11.2. The van der Waals surface area contributed by atoms with E-state index in [1.807, 2.05) is 10.9 Å². The smallest absolute Gasteiger partial charge is 0.0962 e. The van der Waals surface area contributed by atoms with Crippen LogP contribution in [0.1, 0.15) is 25.5 Å². The first-order valence-corrected chi connectivity index (χ1v) is 6.59. The van der Waals surface area contributed by atoms with E-state index in [2.05, 4.69) is 22.1 Å². The Bertz CT molecular complexity index is 367. The standard InChI is InChI=1S/C12H23N5O/c1-10-7-12(18-2)3-4-16(10)5-6-17-9-11(8-13)14-15-17/h9-10,12H,3-8,13H2,1-2H3. The SMILES string of the molecule is COC1CCN(CCn2cc(CN)nn2)C(C)C1. The molecule has 2 heterocycles. The van der Waals surface area contributed by atoms with Crippen molar-refractivity contribution in [2.75, 3.05) is 20.2 Å². The van der Waals surface area contributed by atoms with Gasteiger partial charge in [0.15, 0.2) is 0 Å². The number of piperidine rings is 1. The van der Waals surface area contributed by atoms with E-state index < -0.39 is 0 Å². The summed E-state index contributed by atoms with van der Waals surface area (Å²) in [6, 6.07) is 0.571. The first-order valence-electron chi connectivity index (χ1n) is 6.59. The minimum absolute atomic E-state index is 0.423. The van der Waals surface area contributed by atoms with Crippen molar-refractivity contribution in [3.8, 4) is 0 Å². The molecule has 0 aliphatic carbocycles. The molecule has 0 spiro atoms. The number of likely N-dealkylation sites (tertiary alicyclic amines) is 1. The summed E-state index contributed by atoms with van der Waals surface area (Å²) < 4.78 is 7.29. The highest BCUT2D eigenvalue weighted by atomic mass is 16.5. The number of nitrogens with two attached hydrogens (primary N) is 1. The summed E-state index contributed by atoms with van der Waals surface area (Å²) in [5, 5.41) is 8.06. The van der Waals surface area contributed by atoms with Crippen LogP contribution in [0.5, 0.6) is 0 Å². The van der Waals surface area contributed by atoms with E-state index >= 15 is 0 Å². The number of methoxy groups -OCH3 is 1. The average Bonchev–Trinajstić information content (AvgIpc) is 2.85. The Morgan fingerprint density at radius 3 is 2.94 bits per heavy atom. The molecule has 6 heteroatoms. The number of nitrogens with zero attached hydrogens (tertiary/aromatic N) is 4. The van der Waals surface area contributed by atoms with Gasteiger partial charge in [0.2, 0.25) is 0 Å². The summed E-state index contributed by atoms with van der Waals surface area (Å²) in [4.78, 5) is 2.49. The molecule has 0 bridgehead atoms.